The Morgan fingerprint density at radius 3 is 2.60 bits per heavy atom. The van der Waals surface area contributed by atoms with Crippen LogP contribution in [0.5, 0.6) is 0 Å². The molecule has 0 bridgehead atoms. The van der Waals surface area contributed by atoms with Crippen LogP contribution in [-0.4, -0.2) is 20.8 Å². The van der Waals surface area contributed by atoms with Gasteiger partial charge in [0.05, 0.1) is 5.69 Å². The summed E-state index contributed by atoms with van der Waals surface area (Å²) in [4.78, 5) is 19.0. The highest BCUT2D eigenvalue weighted by atomic mass is 16.1. The van der Waals surface area contributed by atoms with Crippen LogP contribution in [-0.2, 0) is 7.05 Å². The summed E-state index contributed by atoms with van der Waals surface area (Å²) < 4.78 is 1.90. The monoisotopic (exact) mass is 201 g/mol. The zero-order valence-electron chi connectivity index (χ0n) is 8.64. The fourth-order valence-corrected chi connectivity index (χ4v) is 1.57. The molecule has 2 aromatic heterocycles. The third-order valence-electron chi connectivity index (χ3n) is 2.41. The second-order valence-corrected chi connectivity index (χ2v) is 3.31. The Hall–Kier alpha value is -1.97. The Bertz CT molecular complexity index is 488. The number of imidazole rings is 1. The zero-order valence-corrected chi connectivity index (χ0v) is 8.64. The molecular weight excluding hydrogens is 190 g/mol. The van der Waals surface area contributed by atoms with Crippen molar-refractivity contribution in [3.05, 3.63) is 36.0 Å². The molecule has 0 spiro atoms. The van der Waals surface area contributed by atoms with Gasteiger partial charge in [0.2, 0.25) is 0 Å². The number of hydrogen-bond acceptors (Lipinski definition) is 3. The second kappa shape index (κ2) is 3.65. The molecule has 0 aliphatic rings. The van der Waals surface area contributed by atoms with Crippen LogP contribution >= 0.6 is 0 Å². The number of pyridine rings is 1. The molecule has 0 atom stereocenters. The molecule has 2 rings (SSSR count). The molecule has 2 heterocycles. The van der Waals surface area contributed by atoms with Crippen LogP contribution < -0.4 is 0 Å². The summed E-state index contributed by atoms with van der Waals surface area (Å²) in [5, 5.41) is 0. The van der Waals surface area contributed by atoms with E-state index in [0.29, 0.717) is 5.69 Å². The SMILES string of the molecule is Cc1nc(C=O)c(-c2ccncc2)n1C. The zero-order chi connectivity index (χ0) is 10.8. The molecule has 0 unspecified atom stereocenters. The Kier molecular flexibility index (Phi) is 2.33. The maximum atomic E-state index is 10.9. The lowest BCUT2D eigenvalue weighted by Gasteiger charge is -2.03. The minimum atomic E-state index is 0.473. The maximum absolute atomic E-state index is 10.9. The normalized spacial score (nSPS) is 10.3. The van der Waals surface area contributed by atoms with Gasteiger partial charge >= 0.3 is 0 Å². The maximum Gasteiger partial charge on any atom is 0.170 e. The van der Waals surface area contributed by atoms with Gasteiger partial charge in [0.25, 0.3) is 0 Å². The summed E-state index contributed by atoms with van der Waals surface area (Å²) in [6.07, 6.45) is 4.18. The summed E-state index contributed by atoms with van der Waals surface area (Å²) in [5.74, 6) is 0.823. The molecular formula is C11H11N3O. The number of aryl methyl sites for hydroxylation is 1. The van der Waals surface area contributed by atoms with Gasteiger partial charge in [-0.05, 0) is 19.1 Å². The average molecular weight is 201 g/mol. The Morgan fingerprint density at radius 2 is 2.00 bits per heavy atom. The largest absolute Gasteiger partial charge is 0.331 e. The van der Waals surface area contributed by atoms with Gasteiger partial charge in [0.1, 0.15) is 11.5 Å². The molecule has 4 nitrogen and oxygen atoms in total. The first-order valence-corrected chi connectivity index (χ1v) is 4.63. The number of aldehydes is 1. The highest BCUT2D eigenvalue weighted by Gasteiger charge is 2.12. The quantitative estimate of drug-likeness (QED) is 0.693. The molecule has 0 saturated heterocycles. The van der Waals surface area contributed by atoms with Crippen molar-refractivity contribution in [2.45, 2.75) is 6.92 Å². The molecule has 0 fully saturated rings. The molecule has 0 aliphatic heterocycles. The van der Waals surface area contributed by atoms with Gasteiger partial charge in [-0.3, -0.25) is 9.78 Å². The second-order valence-electron chi connectivity index (χ2n) is 3.31. The molecule has 15 heavy (non-hydrogen) atoms. The Balaban J connectivity index is 2.66. The predicted molar refractivity (Wildman–Crippen MR) is 56.6 cm³/mol. The summed E-state index contributed by atoms with van der Waals surface area (Å²) in [6, 6.07) is 3.73. The van der Waals surface area contributed by atoms with Gasteiger partial charge in [0.15, 0.2) is 6.29 Å². The molecule has 4 heteroatoms. The number of aromatic nitrogens is 3. The van der Waals surface area contributed by atoms with E-state index < -0.39 is 0 Å². The molecule has 0 saturated carbocycles. The van der Waals surface area contributed by atoms with E-state index in [1.165, 1.54) is 0 Å². The molecule has 0 N–H and O–H groups in total. The van der Waals surface area contributed by atoms with E-state index in [0.717, 1.165) is 23.4 Å². The fourth-order valence-electron chi connectivity index (χ4n) is 1.57. The Morgan fingerprint density at radius 1 is 1.33 bits per heavy atom. The standard InChI is InChI=1S/C11H11N3O/c1-8-13-10(7-15)11(14(8)2)9-3-5-12-6-4-9/h3-7H,1-2H3. The summed E-state index contributed by atoms with van der Waals surface area (Å²) in [6.45, 7) is 1.87. The van der Waals surface area contributed by atoms with E-state index in [2.05, 4.69) is 9.97 Å². The van der Waals surface area contributed by atoms with Crippen molar-refractivity contribution in [2.75, 3.05) is 0 Å². The smallest absolute Gasteiger partial charge is 0.170 e. The number of nitrogens with zero attached hydrogens (tertiary/aromatic N) is 3. The lowest BCUT2D eigenvalue weighted by molar-refractivity contribution is 0.112. The first-order valence-electron chi connectivity index (χ1n) is 4.63. The van der Waals surface area contributed by atoms with Gasteiger partial charge in [-0.1, -0.05) is 0 Å². The number of carbonyl (C=O) groups excluding carboxylic acids is 1. The molecule has 0 amide bonds. The number of rotatable bonds is 2. The third-order valence-corrected chi connectivity index (χ3v) is 2.41. The first-order chi connectivity index (χ1) is 7.24. The number of hydrogen-bond donors (Lipinski definition) is 0. The van der Waals surface area contributed by atoms with Crippen molar-refractivity contribution in [3.8, 4) is 11.3 Å². The molecule has 76 valence electrons. The van der Waals surface area contributed by atoms with E-state index >= 15 is 0 Å². The van der Waals surface area contributed by atoms with E-state index in [4.69, 9.17) is 0 Å². The van der Waals surface area contributed by atoms with Crippen molar-refractivity contribution >= 4 is 6.29 Å². The topological polar surface area (TPSA) is 47.8 Å². The van der Waals surface area contributed by atoms with Crippen molar-refractivity contribution in [1.29, 1.82) is 0 Å². The summed E-state index contributed by atoms with van der Waals surface area (Å²) in [7, 11) is 1.89. The van der Waals surface area contributed by atoms with Crippen LogP contribution in [0.4, 0.5) is 0 Å². The first kappa shape index (κ1) is 9.58. The molecule has 0 aromatic carbocycles. The lowest BCUT2D eigenvalue weighted by atomic mass is 10.1. The fraction of sp³-hybridized carbons (Fsp3) is 0.182. The Labute approximate surface area is 87.6 Å². The molecule has 2 aromatic rings. The van der Waals surface area contributed by atoms with Crippen molar-refractivity contribution in [1.82, 2.24) is 14.5 Å². The van der Waals surface area contributed by atoms with Crippen LogP contribution in [0.2, 0.25) is 0 Å². The van der Waals surface area contributed by atoms with Crippen LogP contribution in [0.15, 0.2) is 24.5 Å². The van der Waals surface area contributed by atoms with Gasteiger partial charge < -0.3 is 4.57 Å². The van der Waals surface area contributed by atoms with E-state index in [-0.39, 0.29) is 0 Å². The minimum absolute atomic E-state index is 0.473. The van der Waals surface area contributed by atoms with E-state index in [1.54, 1.807) is 12.4 Å². The lowest BCUT2D eigenvalue weighted by Crippen LogP contribution is -1.95. The van der Waals surface area contributed by atoms with Gasteiger partial charge in [-0.15, -0.1) is 0 Å². The van der Waals surface area contributed by atoms with Crippen molar-refractivity contribution in [2.24, 2.45) is 7.05 Å². The van der Waals surface area contributed by atoms with Gasteiger partial charge in [0, 0.05) is 25.0 Å². The van der Waals surface area contributed by atoms with Crippen molar-refractivity contribution in [3.63, 3.8) is 0 Å². The summed E-state index contributed by atoms with van der Waals surface area (Å²) in [5.41, 5.74) is 2.27. The van der Waals surface area contributed by atoms with Crippen LogP contribution in [0.25, 0.3) is 11.3 Å². The molecule has 0 radical (unpaired) electrons. The molecule has 0 aliphatic carbocycles. The van der Waals surface area contributed by atoms with Crippen LogP contribution in [0.3, 0.4) is 0 Å². The van der Waals surface area contributed by atoms with Crippen LogP contribution in [0, 0.1) is 6.92 Å². The van der Waals surface area contributed by atoms with E-state index in [1.807, 2.05) is 30.7 Å². The van der Waals surface area contributed by atoms with Gasteiger partial charge in [-0.25, -0.2) is 4.98 Å². The van der Waals surface area contributed by atoms with Crippen molar-refractivity contribution < 1.29 is 4.79 Å². The minimum Gasteiger partial charge on any atom is -0.331 e. The summed E-state index contributed by atoms with van der Waals surface area (Å²) >= 11 is 0. The van der Waals surface area contributed by atoms with Gasteiger partial charge in [-0.2, -0.15) is 0 Å². The third kappa shape index (κ3) is 1.54. The highest BCUT2D eigenvalue weighted by molar-refractivity contribution is 5.83. The number of carbonyl (C=O) groups is 1. The highest BCUT2D eigenvalue weighted by Crippen LogP contribution is 2.22. The predicted octanol–water partition coefficient (Wildman–Crippen LogP) is 1.60. The van der Waals surface area contributed by atoms with Crippen LogP contribution in [0.1, 0.15) is 16.3 Å². The van der Waals surface area contributed by atoms with E-state index in [9.17, 15) is 4.79 Å². The average Bonchev–Trinajstić information content (AvgIpc) is 2.56.